The van der Waals surface area contributed by atoms with Crippen molar-refractivity contribution in [2.75, 3.05) is 0 Å². The number of aryl methyl sites for hydroxylation is 1. The van der Waals surface area contributed by atoms with Gasteiger partial charge in [0.25, 0.3) is 0 Å². The Kier molecular flexibility index (Phi) is 2.02. The second-order valence-electron chi connectivity index (χ2n) is 2.24. The largest absolute Gasteiger partial charge is 0.475 e. The molecule has 0 saturated heterocycles. The summed E-state index contributed by atoms with van der Waals surface area (Å²) in [5.41, 5.74) is -0.292. The fourth-order valence-electron chi connectivity index (χ4n) is 0.716. The van der Waals surface area contributed by atoms with Crippen molar-refractivity contribution in [1.29, 1.82) is 0 Å². The van der Waals surface area contributed by atoms with Crippen LogP contribution in [0.1, 0.15) is 22.1 Å². The van der Waals surface area contributed by atoms with Crippen molar-refractivity contribution in [3.05, 3.63) is 17.3 Å². The Labute approximate surface area is 70.0 Å². The van der Waals surface area contributed by atoms with Crippen molar-refractivity contribution in [2.24, 2.45) is 0 Å². The van der Waals surface area contributed by atoms with Crippen molar-refractivity contribution in [3.8, 4) is 0 Å². The summed E-state index contributed by atoms with van der Waals surface area (Å²) in [5.74, 6) is -3.89. The maximum absolute atomic E-state index is 11.9. The second kappa shape index (κ2) is 2.75. The molecule has 0 spiro atoms. The van der Waals surface area contributed by atoms with E-state index in [0.29, 0.717) is 0 Å². The highest BCUT2D eigenvalue weighted by Crippen LogP contribution is 2.29. The number of aromatic carboxylic acids is 1. The zero-order valence-electron chi connectivity index (χ0n) is 6.34. The van der Waals surface area contributed by atoms with E-state index >= 15 is 0 Å². The number of halogens is 3. The Morgan fingerprint density at radius 3 is 2.31 bits per heavy atom. The summed E-state index contributed by atoms with van der Waals surface area (Å²) >= 11 is 0. The Morgan fingerprint density at radius 1 is 1.54 bits per heavy atom. The smallest absolute Gasteiger partial charge is 0.468 e. The van der Waals surface area contributed by atoms with Crippen LogP contribution in [0.15, 0.2) is 4.42 Å². The van der Waals surface area contributed by atoms with Gasteiger partial charge in [-0.1, -0.05) is 0 Å². The van der Waals surface area contributed by atoms with Crippen molar-refractivity contribution in [3.63, 3.8) is 0 Å². The number of alkyl halides is 3. The number of carbonyl (C=O) groups is 1. The third-order valence-electron chi connectivity index (χ3n) is 1.23. The van der Waals surface area contributed by atoms with Gasteiger partial charge in [0.1, 0.15) is 0 Å². The number of oxazole rings is 1. The SMILES string of the molecule is Cc1nc(C(F)(F)F)oc1C(=O)O. The molecule has 0 aromatic carbocycles. The molecule has 0 unspecified atom stereocenters. The fraction of sp³-hybridized carbons (Fsp3) is 0.333. The molecule has 0 aliphatic carbocycles. The Hall–Kier alpha value is -1.53. The van der Waals surface area contributed by atoms with Crippen LogP contribution in [0.4, 0.5) is 13.2 Å². The molecular formula is C6H4F3NO3. The number of nitrogens with zero attached hydrogens (tertiary/aromatic N) is 1. The van der Waals surface area contributed by atoms with Gasteiger partial charge in [0, 0.05) is 0 Å². The molecule has 13 heavy (non-hydrogen) atoms. The summed E-state index contributed by atoms with van der Waals surface area (Å²) in [7, 11) is 0. The molecule has 1 aromatic heterocycles. The lowest BCUT2D eigenvalue weighted by molar-refractivity contribution is -0.157. The molecule has 0 radical (unpaired) electrons. The number of aromatic nitrogens is 1. The van der Waals surface area contributed by atoms with Crippen LogP contribution in [0.5, 0.6) is 0 Å². The standard InChI is InChI=1S/C6H4F3NO3/c1-2-3(4(11)12)13-5(10-2)6(7,8)9/h1H3,(H,11,12). The quantitative estimate of drug-likeness (QED) is 0.740. The number of rotatable bonds is 1. The molecule has 0 atom stereocenters. The van der Waals surface area contributed by atoms with Crippen LogP contribution in [0.3, 0.4) is 0 Å². The van der Waals surface area contributed by atoms with Crippen molar-refractivity contribution < 1.29 is 27.5 Å². The van der Waals surface area contributed by atoms with Gasteiger partial charge in [-0.3, -0.25) is 0 Å². The summed E-state index contributed by atoms with van der Waals surface area (Å²) in [6.45, 7) is 1.13. The van der Waals surface area contributed by atoms with Gasteiger partial charge < -0.3 is 9.52 Å². The van der Waals surface area contributed by atoms with Gasteiger partial charge in [0.05, 0.1) is 5.69 Å². The van der Waals surface area contributed by atoms with Crippen LogP contribution >= 0.6 is 0 Å². The Morgan fingerprint density at radius 2 is 2.08 bits per heavy atom. The Balaban J connectivity index is 3.17. The van der Waals surface area contributed by atoms with E-state index in [4.69, 9.17) is 5.11 Å². The average Bonchev–Trinajstić information content (AvgIpc) is 2.29. The highest BCUT2D eigenvalue weighted by atomic mass is 19.4. The molecule has 1 aromatic rings. The molecule has 0 bridgehead atoms. The van der Waals surface area contributed by atoms with E-state index in [-0.39, 0.29) is 5.69 Å². The summed E-state index contributed by atoms with van der Waals surface area (Å²) < 4.78 is 39.7. The number of carboxylic acids is 1. The first-order valence-corrected chi connectivity index (χ1v) is 3.10. The van der Waals surface area contributed by atoms with Crippen LogP contribution < -0.4 is 0 Å². The van der Waals surface area contributed by atoms with Gasteiger partial charge in [0.2, 0.25) is 5.76 Å². The van der Waals surface area contributed by atoms with Gasteiger partial charge in [0.15, 0.2) is 0 Å². The molecule has 0 aliphatic rings. The molecule has 0 amide bonds. The lowest BCUT2D eigenvalue weighted by atomic mass is 10.4. The van der Waals surface area contributed by atoms with Crippen LogP contribution in [0.25, 0.3) is 0 Å². The molecular weight excluding hydrogens is 191 g/mol. The number of hydrogen-bond donors (Lipinski definition) is 1. The maximum Gasteiger partial charge on any atom is 0.468 e. The van der Waals surface area contributed by atoms with E-state index in [0.717, 1.165) is 6.92 Å². The summed E-state index contributed by atoms with van der Waals surface area (Å²) in [6, 6.07) is 0. The molecule has 4 nitrogen and oxygen atoms in total. The first kappa shape index (κ1) is 9.56. The summed E-state index contributed by atoms with van der Waals surface area (Å²) in [6.07, 6.45) is -4.75. The van der Waals surface area contributed by atoms with E-state index in [1.54, 1.807) is 0 Å². The van der Waals surface area contributed by atoms with Gasteiger partial charge >= 0.3 is 18.0 Å². The van der Waals surface area contributed by atoms with E-state index < -0.39 is 23.8 Å². The molecule has 7 heteroatoms. The first-order chi connectivity index (χ1) is 5.82. The number of carboxylic acid groups (broad SMARTS) is 1. The van der Waals surface area contributed by atoms with Gasteiger partial charge in [-0.05, 0) is 6.92 Å². The second-order valence-corrected chi connectivity index (χ2v) is 2.24. The predicted octanol–water partition coefficient (Wildman–Crippen LogP) is 1.70. The van der Waals surface area contributed by atoms with Crippen molar-refractivity contribution in [1.82, 2.24) is 4.98 Å². The van der Waals surface area contributed by atoms with E-state index in [2.05, 4.69) is 9.40 Å². The van der Waals surface area contributed by atoms with Crippen LogP contribution in [0, 0.1) is 6.92 Å². The zero-order valence-corrected chi connectivity index (χ0v) is 6.34. The topological polar surface area (TPSA) is 63.3 Å². The highest BCUT2D eigenvalue weighted by molar-refractivity contribution is 5.85. The molecule has 0 aliphatic heterocycles. The molecule has 0 saturated carbocycles. The third-order valence-corrected chi connectivity index (χ3v) is 1.23. The minimum Gasteiger partial charge on any atom is -0.475 e. The third kappa shape index (κ3) is 1.79. The van der Waals surface area contributed by atoms with Gasteiger partial charge in [-0.2, -0.15) is 13.2 Å². The van der Waals surface area contributed by atoms with E-state index in [1.165, 1.54) is 0 Å². The summed E-state index contributed by atoms with van der Waals surface area (Å²) in [4.78, 5) is 13.2. The van der Waals surface area contributed by atoms with Crippen molar-refractivity contribution in [2.45, 2.75) is 13.1 Å². The van der Waals surface area contributed by atoms with Gasteiger partial charge in [-0.15, -0.1) is 0 Å². The summed E-state index contributed by atoms with van der Waals surface area (Å²) in [5, 5.41) is 8.34. The lowest BCUT2D eigenvalue weighted by Crippen LogP contribution is -2.04. The first-order valence-electron chi connectivity index (χ1n) is 3.10. The minimum absolute atomic E-state index is 0.292. The number of hydrogen-bond acceptors (Lipinski definition) is 3. The van der Waals surface area contributed by atoms with Crippen LogP contribution in [-0.4, -0.2) is 16.1 Å². The lowest BCUT2D eigenvalue weighted by Gasteiger charge is -1.97. The maximum atomic E-state index is 11.9. The van der Waals surface area contributed by atoms with E-state index in [1.807, 2.05) is 0 Å². The highest BCUT2D eigenvalue weighted by Gasteiger charge is 2.38. The molecule has 0 fully saturated rings. The zero-order chi connectivity index (χ0) is 10.2. The van der Waals surface area contributed by atoms with E-state index in [9.17, 15) is 18.0 Å². The van der Waals surface area contributed by atoms with Gasteiger partial charge in [-0.25, -0.2) is 9.78 Å². The molecule has 1 rings (SSSR count). The predicted molar refractivity (Wildman–Crippen MR) is 33.2 cm³/mol. The average molecular weight is 195 g/mol. The normalized spacial score (nSPS) is 11.7. The molecule has 1 N–H and O–H groups in total. The van der Waals surface area contributed by atoms with Crippen molar-refractivity contribution >= 4 is 5.97 Å². The monoisotopic (exact) mass is 195 g/mol. The minimum atomic E-state index is -4.75. The van der Waals surface area contributed by atoms with Crippen LogP contribution in [0.2, 0.25) is 0 Å². The Bertz CT molecular complexity index is 341. The van der Waals surface area contributed by atoms with Crippen LogP contribution in [-0.2, 0) is 6.18 Å². The molecule has 72 valence electrons. The molecule has 1 heterocycles. The fourth-order valence-corrected chi connectivity index (χ4v) is 0.716.